The first-order valence-corrected chi connectivity index (χ1v) is 7.49. The fourth-order valence-corrected chi connectivity index (χ4v) is 1.76. The van der Waals surface area contributed by atoms with Crippen LogP contribution in [0.4, 0.5) is 4.70 Å². The second-order valence-electron chi connectivity index (χ2n) is 3.45. The van der Waals surface area contributed by atoms with E-state index in [1.165, 1.54) is 6.04 Å². The largest absolute Gasteiger partial charge is 0.462 e. The van der Waals surface area contributed by atoms with Gasteiger partial charge in [-0.25, -0.2) is 4.79 Å². The van der Waals surface area contributed by atoms with Gasteiger partial charge >= 0.3 is 5.97 Å². The third-order valence-electron chi connectivity index (χ3n) is 1.51. The van der Waals surface area contributed by atoms with Crippen LogP contribution < -0.4 is 0 Å². The first kappa shape index (κ1) is 14.9. The van der Waals surface area contributed by atoms with Crippen LogP contribution in [-0.4, -0.2) is 21.4 Å². The van der Waals surface area contributed by atoms with Gasteiger partial charge in [-0.05, 0) is 13.3 Å². The van der Waals surface area contributed by atoms with Crippen molar-refractivity contribution < 1.29 is 14.2 Å². The maximum absolute atomic E-state index is 10.9. The molecule has 0 bridgehead atoms. The first-order valence-electron chi connectivity index (χ1n) is 4.36. The van der Waals surface area contributed by atoms with Gasteiger partial charge in [-0.2, -0.15) is 0 Å². The Morgan fingerprint density at radius 1 is 1.46 bits per heavy atom. The molecule has 78 valence electrons. The molecule has 0 unspecified atom stereocenters. The van der Waals surface area contributed by atoms with E-state index in [9.17, 15) is 4.79 Å². The molecule has 4 heteroatoms. The molecule has 0 heterocycles. The highest BCUT2D eigenvalue weighted by molar-refractivity contribution is 6.55. The molecule has 0 aliphatic rings. The smallest absolute Gasteiger partial charge is 0.333 e. The van der Waals surface area contributed by atoms with E-state index in [4.69, 9.17) is 4.74 Å². The summed E-state index contributed by atoms with van der Waals surface area (Å²) in [6.45, 7) is 10.3. The Labute approximate surface area is 81.0 Å². The minimum absolute atomic E-state index is 0. The second kappa shape index (κ2) is 7.98. The van der Waals surface area contributed by atoms with Crippen molar-refractivity contribution in [2.45, 2.75) is 32.5 Å². The van der Waals surface area contributed by atoms with E-state index in [1.54, 1.807) is 6.92 Å². The Morgan fingerprint density at radius 3 is 2.38 bits per heavy atom. The minimum Gasteiger partial charge on any atom is -0.462 e. The summed E-state index contributed by atoms with van der Waals surface area (Å²) in [5.41, 5.74) is 0.483. The Kier molecular flexibility index (Phi) is 9.12. The molecule has 0 saturated heterocycles. The summed E-state index contributed by atoms with van der Waals surface area (Å²) >= 11 is 0. The van der Waals surface area contributed by atoms with Gasteiger partial charge in [0.05, 0.1) is 6.61 Å². The maximum Gasteiger partial charge on any atom is 0.333 e. The average Bonchev–Trinajstić information content (AvgIpc) is 1.97. The Bertz CT molecular complexity index is 169. The standard InChI is InChI=1S/C9H18O2Si.FH/c1-8(2)9(10)11-6-5-7-12(3)4;/h12H,1,5-7H2,2-4H3;1H. The minimum atomic E-state index is -0.472. The number of halogens is 1. The van der Waals surface area contributed by atoms with Crippen LogP contribution in [0.15, 0.2) is 12.2 Å². The van der Waals surface area contributed by atoms with E-state index >= 15 is 0 Å². The SMILES string of the molecule is C=C(C)C(=O)OCCC[SiH](C)C.F. The van der Waals surface area contributed by atoms with E-state index in [1.807, 2.05) is 0 Å². The van der Waals surface area contributed by atoms with Crippen LogP contribution in [0.3, 0.4) is 0 Å². The normalized spacial score (nSPS) is 9.23. The van der Waals surface area contributed by atoms with Gasteiger partial charge in [0, 0.05) is 14.4 Å². The van der Waals surface area contributed by atoms with E-state index in [0.717, 1.165) is 6.42 Å². The average molecular weight is 206 g/mol. The van der Waals surface area contributed by atoms with Crippen molar-refractivity contribution in [1.82, 2.24) is 0 Å². The molecule has 2 nitrogen and oxygen atoms in total. The summed E-state index contributed by atoms with van der Waals surface area (Å²) in [6.07, 6.45) is 1.00. The zero-order valence-corrected chi connectivity index (χ0v) is 9.79. The molecule has 0 radical (unpaired) electrons. The molecule has 0 aromatic carbocycles. The molecule has 0 spiro atoms. The third kappa shape index (κ3) is 9.27. The maximum atomic E-state index is 10.9. The highest BCUT2D eigenvalue weighted by Gasteiger charge is 2.02. The van der Waals surface area contributed by atoms with Crippen LogP contribution in [0, 0.1) is 0 Å². The predicted molar refractivity (Wildman–Crippen MR) is 56.6 cm³/mol. The molecule has 0 aliphatic carbocycles. The summed E-state index contributed by atoms with van der Waals surface area (Å²) in [4.78, 5) is 10.9. The molecule has 0 atom stereocenters. The predicted octanol–water partition coefficient (Wildman–Crippen LogP) is 2.14. The van der Waals surface area contributed by atoms with Crippen LogP contribution in [0.2, 0.25) is 19.1 Å². The topological polar surface area (TPSA) is 26.3 Å². The lowest BCUT2D eigenvalue weighted by Crippen LogP contribution is -2.08. The quantitative estimate of drug-likeness (QED) is 0.298. The molecule has 0 amide bonds. The number of ether oxygens (including phenoxy) is 1. The number of rotatable bonds is 5. The second-order valence-corrected chi connectivity index (χ2v) is 6.82. The molecular formula is C9H19FO2Si. The molecule has 0 N–H and O–H groups in total. The van der Waals surface area contributed by atoms with Gasteiger partial charge in [-0.1, -0.05) is 25.7 Å². The van der Waals surface area contributed by atoms with Crippen molar-refractivity contribution in [2.24, 2.45) is 0 Å². The van der Waals surface area contributed by atoms with Gasteiger partial charge in [-0.15, -0.1) is 0 Å². The number of hydrogen-bond donors (Lipinski definition) is 0. The van der Waals surface area contributed by atoms with Crippen molar-refractivity contribution in [3.05, 3.63) is 12.2 Å². The van der Waals surface area contributed by atoms with Gasteiger partial charge < -0.3 is 4.74 Å². The van der Waals surface area contributed by atoms with E-state index in [2.05, 4.69) is 19.7 Å². The number of carbonyl (C=O) groups excluding carboxylic acids is 1. The molecule has 0 aromatic heterocycles. The number of esters is 1. The van der Waals surface area contributed by atoms with Crippen LogP contribution in [0.1, 0.15) is 13.3 Å². The molecule has 0 fully saturated rings. The fourth-order valence-electron chi connectivity index (χ4n) is 0.780. The van der Waals surface area contributed by atoms with Gasteiger partial charge in [0.2, 0.25) is 0 Å². The zero-order valence-electron chi connectivity index (χ0n) is 8.63. The molecule has 0 aromatic rings. The summed E-state index contributed by atoms with van der Waals surface area (Å²) in [5.74, 6) is -0.263. The van der Waals surface area contributed by atoms with Crippen LogP contribution in [0.25, 0.3) is 0 Å². The Hall–Kier alpha value is -0.643. The Balaban J connectivity index is 0. The highest BCUT2D eigenvalue weighted by Crippen LogP contribution is 1.99. The van der Waals surface area contributed by atoms with E-state index in [-0.39, 0.29) is 10.7 Å². The lowest BCUT2D eigenvalue weighted by atomic mass is 10.4. The fraction of sp³-hybridized carbons (Fsp3) is 0.667. The summed E-state index contributed by atoms with van der Waals surface area (Å²) < 4.78 is 4.94. The van der Waals surface area contributed by atoms with E-state index in [0.29, 0.717) is 12.2 Å². The van der Waals surface area contributed by atoms with Gasteiger partial charge in [0.25, 0.3) is 0 Å². The monoisotopic (exact) mass is 206 g/mol. The van der Waals surface area contributed by atoms with Crippen molar-refractivity contribution in [2.75, 3.05) is 6.61 Å². The van der Waals surface area contributed by atoms with Crippen LogP contribution in [-0.2, 0) is 9.53 Å². The van der Waals surface area contributed by atoms with Gasteiger partial charge in [0.15, 0.2) is 0 Å². The van der Waals surface area contributed by atoms with Gasteiger partial charge in [0.1, 0.15) is 0 Å². The summed E-state index contributed by atoms with van der Waals surface area (Å²) in [7, 11) is -0.472. The molecular weight excluding hydrogens is 187 g/mol. The Morgan fingerprint density at radius 2 is 2.00 bits per heavy atom. The number of carbonyl (C=O) groups is 1. The van der Waals surface area contributed by atoms with Crippen LogP contribution in [0.5, 0.6) is 0 Å². The molecule has 13 heavy (non-hydrogen) atoms. The third-order valence-corrected chi connectivity index (χ3v) is 3.07. The van der Waals surface area contributed by atoms with Crippen LogP contribution >= 0.6 is 0 Å². The van der Waals surface area contributed by atoms with Crippen molar-refractivity contribution in [1.29, 1.82) is 0 Å². The zero-order chi connectivity index (χ0) is 9.56. The molecule has 0 saturated carbocycles. The van der Waals surface area contributed by atoms with Crippen molar-refractivity contribution in [3.8, 4) is 0 Å². The lowest BCUT2D eigenvalue weighted by molar-refractivity contribution is -0.138. The van der Waals surface area contributed by atoms with E-state index < -0.39 is 8.80 Å². The summed E-state index contributed by atoms with van der Waals surface area (Å²) in [6, 6.07) is 1.24. The first-order chi connectivity index (χ1) is 5.54. The van der Waals surface area contributed by atoms with Gasteiger partial charge in [-0.3, -0.25) is 4.70 Å². The van der Waals surface area contributed by atoms with Crippen molar-refractivity contribution >= 4 is 14.8 Å². The molecule has 0 rings (SSSR count). The highest BCUT2D eigenvalue weighted by atomic mass is 28.3. The lowest BCUT2D eigenvalue weighted by Gasteiger charge is -2.04. The molecule has 0 aliphatic heterocycles. The van der Waals surface area contributed by atoms with Crippen molar-refractivity contribution in [3.63, 3.8) is 0 Å². The summed E-state index contributed by atoms with van der Waals surface area (Å²) in [5, 5.41) is 0. The number of hydrogen-bond acceptors (Lipinski definition) is 2.